The largest absolute Gasteiger partial charge is 0.380 e. The lowest BCUT2D eigenvalue weighted by Gasteiger charge is -2.13. The molecule has 3 N–H and O–H groups in total. The monoisotopic (exact) mass is 413 g/mol. The summed E-state index contributed by atoms with van der Waals surface area (Å²) in [5.74, 6) is -1.57. The number of aromatic nitrogens is 3. The van der Waals surface area contributed by atoms with E-state index in [1.807, 2.05) is 0 Å². The molecule has 0 bridgehead atoms. The molecule has 0 aliphatic carbocycles. The van der Waals surface area contributed by atoms with Gasteiger partial charge in [0.05, 0.1) is 22.3 Å². The van der Waals surface area contributed by atoms with Crippen molar-refractivity contribution in [1.29, 1.82) is 0 Å². The van der Waals surface area contributed by atoms with Crippen LogP contribution in [0.2, 0.25) is 5.02 Å². The third-order valence-electron chi connectivity index (χ3n) is 4.32. The molecular formula is C20H14ClF2N5O. The Morgan fingerprint density at radius 1 is 1.10 bits per heavy atom. The summed E-state index contributed by atoms with van der Waals surface area (Å²) < 4.78 is 28.6. The first-order valence-corrected chi connectivity index (χ1v) is 8.90. The molecule has 0 radical (unpaired) electrons. The van der Waals surface area contributed by atoms with Crippen LogP contribution in [-0.4, -0.2) is 20.4 Å². The average Bonchev–Trinajstić information content (AvgIpc) is 3.08. The first kappa shape index (κ1) is 18.8. The summed E-state index contributed by atoms with van der Waals surface area (Å²) in [5, 5.41) is 3.56. The minimum atomic E-state index is -0.684. The summed E-state index contributed by atoms with van der Waals surface area (Å²) in [4.78, 5) is 20.4. The first-order valence-electron chi connectivity index (χ1n) is 8.52. The fourth-order valence-electron chi connectivity index (χ4n) is 3.00. The molecule has 0 spiro atoms. The van der Waals surface area contributed by atoms with Crippen LogP contribution in [0, 0.1) is 11.6 Å². The highest BCUT2D eigenvalue weighted by Crippen LogP contribution is 2.24. The molecule has 0 aliphatic heterocycles. The van der Waals surface area contributed by atoms with Crippen LogP contribution in [0.25, 0.3) is 16.9 Å². The van der Waals surface area contributed by atoms with E-state index in [0.717, 1.165) is 11.6 Å². The molecule has 29 heavy (non-hydrogen) atoms. The highest BCUT2D eigenvalue weighted by Gasteiger charge is 2.13. The maximum absolute atomic E-state index is 13.4. The topological polar surface area (TPSA) is 85.8 Å². The van der Waals surface area contributed by atoms with Crippen LogP contribution in [0.1, 0.15) is 15.9 Å². The van der Waals surface area contributed by atoms with E-state index in [-0.39, 0.29) is 12.1 Å². The van der Waals surface area contributed by atoms with Crippen molar-refractivity contribution in [2.75, 3.05) is 5.32 Å². The molecule has 0 fully saturated rings. The second-order valence-electron chi connectivity index (χ2n) is 6.33. The van der Waals surface area contributed by atoms with Gasteiger partial charge in [-0.15, -0.1) is 0 Å². The third kappa shape index (κ3) is 3.88. The summed E-state index contributed by atoms with van der Waals surface area (Å²) in [6, 6.07) is 10.1. The molecule has 2 aromatic carbocycles. The molecule has 2 heterocycles. The molecule has 146 valence electrons. The normalized spacial score (nSPS) is 11.0. The zero-order chi connectivity index (χ0) is 20.5. The van der Waals surface area contributed by atoms with E-state index in [2.05, 4.69) is 15.3 Å². The zero-order valence-electron chi connectivity index (χ0n) is 14.9. The van der Waals surface area contributed by atoms with E-state index in [9.17, 15) is 13.6 Å². The summed E-state index contributed by atoms with van der Waals surface area (Å²) in [6.45, 7) is 0.0820. The smallest absolute Gasteiger partial charge is 0.252 e. The number of carbonyl (C=O) groups is 1. The van der Waals surface area contributed by atoms with Crippen molar-refractivity contribution in [2.45, 2.75) is 6.54 Å². The molecular weight excluding hydrogens is 400 g/mol. The molecule has 0 saturated heterocycles. The number of amides is 1. The Balaban J connectivity index is 1.71. The Kier molecular flexibility index (Phi) is 4.85. The Bertz CT molecular complexity index is 1220. The number of imidazole rings is 1. The highest BCUT2D eigenvalue weighted by molar-refractivity contribution is 6.31. The lowest BCUT2D eigenvalue weighted by atomic mass is 10.1. The van der Waals surface area contributed by atoms with Crippen molar-refractivity contribution < 1.29 is 13.6 Å². The number of rotatable bonds is 5. The van der Waals surface area contributed by atoms with Gasteiger partial charge in [-0.2, -0.15) is 0 Å². The van der Waals surface area contributed by atoms with Gasteiger partial charge >= 0.3 is 0 Å². The third-order valence-corrected chi connectivity index (χ3v) is 4.55. The number of primary amides is 1. The lowest BCUT2D eigenvalue weighted by molar-refractivity contribution is 0.100. The number of benzene rings is 2. The van der Waals surface area contributed by atoms with Crippen molar-refractivity contribution in [3.63, 3.8) is 0 Å². The van der Waals surface area contributed by atoms with Crippen LogP contribution < -0.4 is 11.1 Å². The van der Waals surface area contributed by atoms with Crippen molar-refractivity contribution in [3.05, 3.63) is 82.8 Å². The number of nitrogens with one attached hydrogen (secondary N) is 1. The van der Waals surface area contributed by atoms with Crippen molar-refractivity contribution >= 4 is 34.2 Å². The van der Waals surface area contributed by atoms with Gasteiger partial charge in [0.25, 0.3) is 5.91 Å². The Morgan fingerprint density at radius 3 is 2.59 bits per heavy atom. The summed E-state index contributed by atoms with van der Waals surface area (Å²) in [7, 11) is 0. The second-order valence-corrected chi connectivity index (χ2v) is 6.77. The van der Waals surface area contributed by atoms with Gasteiger partial charge in [-0.1, -0.05) is 11.6 Å². The van der Waals surface area contributed by atoms with Crippen molar-refractivity contribution in [3.8, 4) is 5.82 Å². The van der Waals surface area contributed by atoms with Crippen molar-refractivity contribution in [1.82, 2.24) is 14.5 Å². The quantitative estimate of drug-likeness (QED) is 0.516. The number of halogens is 3. The molecule has 4 rings (SSSR count). The summed E-state index contributed by atoms with van der Waals surface area (Å²) >= 11 is 6.00. The van der Waals surface area contributed by atoms with Gasteiger partial charge in [-0.05, 0) is 35.9 Å². The number of nitrogens with two attached hydrogens (primary N) is 1. The van der Waals surface area contributed by atoms with Gasteiger partial charge in [0.1, 0.15) is 23.8 Å². The number of carbonyl (C=O) groups excluding carboxylic acids is 1. The number of pyridine rings is 1. The van der Waals surface area contributed by atoms with Crippen LogP contribution in [0.5, 0.6) is 0 Å². The van der Waals surface area contributed by atoms with Gasteiger partial charge in [0.15, 0.2) is 0 Å². The highest BCUT2D eigenvalue weighted by atomic mass is 35.5. The Labute approximate surface area is 169 Å². The molecule has 2 aromatic heterocycles. The van der Waals surface area contributed by atoms with E-state index in [0.29, 0.717) is 27.6 Å². The Morgan fingerprint density at radius 2 is 1.86 bits per heavy atom. The number of hydrogen-bond donors (Lipinski definition) is 2. The van der Waals surface area contributed by atoms with Crippen LogP contribution in [0.4, 0.5) is 14.5 Å². The first-order chi connectivity index (χ1) is 13.9. The Hall–Kier alpha value is -3.52. The number of fused-ring (bicyclic) bond motifs is 1. The van der Waals surface area contributed by atoms with E-state index < -0.39 is 17.5 Å². The van der Waals surface area contributed by atoms with Gasteiger partial charge in [-0.25, -0.2) is 18.7 Å². The molecule has 0 saturated carbocycles. The van der Waals surface area contributed by atoms with E-state index in [1.54, 1.807) is 35.2 Å². The maximum atomic E-state index is 13.4. The second kappa shape index (κ2) is 7.48. The van der Waals surface area contributed by atoms with Gasteiger partial charge in [0, 0.05) is 29.9 Å². The molecule has 0 atom stereocenters. The predicted molar refractivity (Wildman–Crippen MR) is 106 cm³/mol. The summed E-state index contributed by atoms with van der Waals surface area (Å²) in [5.41, 5.74) is 7.79. The molecule has 9 heteroatoms. The van der Waals surface area contributed by atoms with E-state index in [1.165, 1.54) is 18.3 Å². The SMILES string of the molecule is NC(=O)c1cnc(-n2cnc3cc(Cl)ccc32)cc1NCc1cc(F)cc(F)c1. The number of anilines is 1. The minimum absolute atomic E-state index is 0.0820. The standard InChI is InChI=1S/C20H14ClF2N5O/c21-12-1-2-18-17(5-12)27-10-28(18)19-7-16(15(9-26-19)20(24)29)25-8-11-3-13(22)6-14(23)4-11/h1-7,9-10H,8H2,(H2,24,29)(H,25,26). The summed E-state index contributed by atoms with van der Waals surface area (Å²) in [6.07, 6.45) is 2.92. The molecule has 6 nitrogen and oxygen atoms in total. The number of nitrogens with zero attached hydrogens (tertiary/aromatic N) is 3. The van der Waals surface area contributed by atoms with Gasteiger partial charge in [0.2, 0.25) is 0 Å². The predicted octanol–water partition coefficient (Wildman–Crippen LogP) is 4.06. The zero-order valence-corrected chi connectivity index (χ0v) is 15.6. The van der Waals surface area contributed by atoms with Gasteiger partial charge < -0.3 is 11.1 Å². The van der Waals surface area contributed by atoms with Crippen molar-refractivity contribution in [2.24, 2.45) is 5.73 Å². The molecule has 1 amide bonds. The van der Waals surface area contributed by atoms with Crippen LogP contribution in [-0.2, 0) is 6.54 Å². The maximum Gasteiger partial charge on any atom is 0.252 e. The molecule has 0 unspecified atom stereocenters. The van der Waals surface area contributed by atoms with E-state index >= 15 is 0 Å². The molecule has 0 aliphatic rings. The van der Waals surface area contributed by atoms with Gasteiger partial charge in [-0.3, -0.25) is 9.36 Å². The average molecular weight is 414 g/mol. The number of hydrogen-bond acceptors (Lipinski definition) is 4. The van der Waals surface area contributed by atoms with Crippen LogP contribution in [0.3, 0.4) is 0 Å². The molecule has 4 aromatic rings. The lowest BCUT2D eigenvalue weighted by Crippen LogP contribution is -2.16. The van der Waals surface area contributed by atoms with E-state index in [4.69, 9.17) is 17.3 Å². The minimum Gasteiger partial charge on any atom is -0.380 e. The van der Waals surface area contributed by atoms with Crippen LogP contribution >= 0.6 is 11.6 Å². The fourth-order valence-corrected chi connectivity index (χ4v) is 3.16. The van der Waals surface area contributed by atoms with Crippen LogP contribution in [0.15, 0.2) is 55.0 Å². The fraction of sp³-hybridized carbons (Fsp3) is 0.0500.